The minimum atomic E-state index is -4.46. The largest absolute Gasteiger partial charge is 0.493 e. The summed E-state index contributed by atoms with van der Waals surface area (Å²) in [6, 6.07) is 4.96. The molecule has 1 aromatic rings. The second-order valence-corrected chi connectivity index (χ2v) is 24.9. The van der Waals surface area contributed by atoms with Gasteiger partial charge >= 0.3 is 12.1 Å². The Morgan fingerprint density at radius 1 is 1.09 bits per heavy atom. The lowest BCUT2D eigenvalue weighted by molar-refractivity contribution is -0.151. The van der Waals surface area contributed by atoms with Crippen molar-refractivity contribution in [1.29, 1.82) is 0 Å². The van der Waals surface area contributed by atoms with Gasteiger partial charge in [-0.2, -0.15) is 13.2 Å². The van der Waals surface area contributed by atoms with Gasteiger partial charge in [-0.05, 0) is 80.1 Å². The van der Waals surface area contributed by atoms with E-state index in [9.17, 15) is 22.8 Å². The van der Waals surface area contributed by atoms with Crippen molar-refractivity contribution in [3.63, 3.8) is 0 Å². The molecule has 0 unspecified atom stereocenters. The Kier molecular flexibility index (Phi) is 12.1. The maximum atomic E-state index is 13.4. The van der Waals surface area contributed by atoms with Crippen LogP contribution in [-0.4, -0.2) is 46.2 Å². The molecule has 0 aromatic heterocycles. The third kappa shape index (κ3) is 10.3. The number of rotatable bonds is 10. The summed E-state index contributed by atoms with van der Waals surface area (Å²) in [7, 11) is -4.77. The summed E-state index contributed by atoms with van der Waals surface area (Å²) < 4.78 is 59.2. The number of carbonyl (C=O) groups is 1. The van der Waals surface area contributed by atoms with E-state index in [-0.39, 0.29) is 58.4 Å². The summed E-state index contributed by atoms with van der Waals surface area (Å²) in [5.74, 6) is -0.180. The lowest BCUT2D eigenvalue weighted by Gasteiger charge is -2.40. The van der Waals surface area contributed by atoms with Crippen molar-refractivity contribution >= 4 is 22.6 Å². The van der Waals surface area contributed by atoms with E-state index < -0.39 is 28.4 Å². The van der Waals surface area contributed by atoms with Gasteiger partial charge < -0.3 is 18.7 Å². The van der Waals surface area contributed by atoms with Gasteiger partial charge in [0, 0.05) is 30.6 Å². The molecule has 1 aromatic carbocycles. The zero-order valence-corrected chi connectivity index (χ0v) is 30.7. The van der Waals surface area contributed by atoms with Crippen LogP contribution in [0.25, 0.3) is 0 Å². The Labute approximate surface area is 270 Å². The number of alkyl halides is 3. The number of hydrogen-bond acceptors (Lipinski definition) is 5. The molecule has 3 rings (SSSR count). The normalized spacial score (nSPS) is 25.5. The fourth-order valence-electron chi connectivity index (χ4n) is 5.78. The molecule has 5 nitrogen and oxygen atoms in total. The van der Waals surface area contributed by atoms with Gasteiger partial charge in [-0.15, -0.1) is 0 Å². The van der Waals surface area contributed by atoms with Crippen LogP contribution in [0.1, 0.15) is 78.7 Å². The Balaban J connectivity index is 1.97. The quantitative estimate of drug-likeness (QED) is 0.153. The summed E-state index contributed by atoms with van der Waals surface area (Å²) in [6.07, 6.45) is 7.77. The second kappa shape index (κ2) is 14.5. The molecule has 45 heavy (non-hydrogen) atoms. The molecule has 1 saturated carbocycles. The smallest absolute Gasteiger partial charge is 0.416 e. The first-order valence-corrected chi connectivity index (χ1v) is 22.2. The molecular weight excluding hydrogens is 614 g/mol. The molecule has 1 N–H and O–H groups in total. The zero-order chi connectivity index (χ0) is 33.8. The topological polar surface area (TPSA) is 65.0 Å². The third-order valence-corrected chi connectivity index (χ3v) is 18.4. The van der Waals surface area contributed by atoms with Crippen molar-refractivity contribution in [2.24, 2.45) is 17.8 Å². The van der Waals surface area contributed by atoms with Crippen LogP contribution in [0.15, 0.2) is 48.6 Å². The van der Waals surface area contributed by atoms with Crippen LogP contribution in [-0.2, 0) is 20.1 Å². The summed E-state index contributed by atoms with van der Waals surface area (Å²) in [5.41, 5.74) is -0.752. The fourth-order valence-corrected chi connectivity index (χ4v) is 7.90. The van der Waals surface area contributed by atoms with E-state index in [1.165, 1.54) is 12.1 Å². The minimum Gasteiger partial charge on any atom is -0.493 e. The fraction of sp³-hybridized carbons (Fsp3) is 0.686. The molecule has 1 aliphatic carbocycles. The van der Waals surface area contributed by atoms with Crippen molar-refractivity contribution in [3.8, 4) is 5.75 Å². The zero-order valence-electron chi connectivity index (χ0n) is 28.7. The first-order chi connectivity index (χ1) is 20.6. The molecule has 0 saturated heterocycles. The number of esters is 1. The standard InChI is InChI=1S/C35H55F3O5Si2/c1-33(2,3)45(8,9)43-31-22-30-28(17-12-10-11-13-18-32(39)42-30)29(31)20-19-25(23-34(4,5)44(6,7)40)24-41-27-16-14-15-26(21-27)35(36,37)38/h10,12,14-16,19-21,25,28-31,40H,11,13,17-18,22-24H2,1-9H3/b12-10-,20-19+/t25-,28+,29+,30-,31+/m0/s1. The van der Waals surface area contributed by atoms with Gasteiger partial charge in [-0.25, -0.2) is 0 Å². The number of allylic oxidation sites excluding steroid dienone is 2. The highest BCUT2D eigenvalue weighted by Crippen LogP contribution is 2.46. The van der Waals surface area contributed by atoms with Crippen molar-refractivity contribution in [2.75, 3.05) is 6.61 Å². The number of fused-ring (bicyclic) bond motifs is 1. The van der Waals surface area contributed by atoms with Crippen LogP contribution >= 0.6 is 0 Å². The Hall–Kier alpha value is -1.89. The monoisotopic (exact) mass is 668 g/mol. The van der Waals surface area contributed by atoms with Crippen molar-refractivity contribution in [2.45, 2.75) is 128 Å². The van der Waals surface area contributed by atoms with Gasteiger partial charge in [0.1, 0.15) is 11.9 Å². The van der Waals surface area contributed by atoms with E-state index in [4.69, 9.17) is 13.9 Å². The predicted octanol–water partition coefficient (Wildman–Crippen LogP) is 9.69. The molecule has 0 spiro atoms. The summed E-state index contributed by atoms with van der Waals surface area (Å²) in [4.78, 5) is 23.8. The Morgan fingerprint density at radius 3 is 2.40 bits per heavy atom. The molecule has 2 aliphatic rings. The van der Waals surface area contributed by atoms with Gasteiger partial charge in [-0.3, -0.25) is 4.79 Å². The number of hydrogen-bond donors (Lipinski definition) is 1. The van der Waals surface area contributed by atoms with Crippen LogP contribution in [0.5, 0.6) is 5.75 Å². The summed E-state index contributed by atoms with van der Waals surface area (Å²) in [5, 5.41) is -0.389. The van der Waals surface area contributed by atoms with Crippen molar-refractivity contribution < 1.29 is 36.7 Å². The maximum absolute atomic E-state index is 13.4. The number of benzene rings is 1. The molecule has 1 fully saturated rings. The first-order valence-electron chi connectivity index (χ1n) is 16.3. The molecule has 254 valence electrons. The van der Waals surface area contributed by atoms with E-state index in [0.717, 1.165) is 31.4 Å². The lowest BCUT2D eigenvalue weighted by atomic mass is 9.87. The highest BCUT2D eigenvalue weighted by atomic mass is 28.4. The van der Waals surface area contributed by atoms with Crippen LogP contribution in [0.3, 0.4) is 0 Å². The average molecular weight is 669 g/mol. The van der Waals surface area contributed by atoms with E-state index >= 15 is 0 Å². The van der Waals surface area contributed by atoms with E-state index in [2.05, 4.69) is 58.2 Å². The van der Waals surface area contributed by atoms with Crippen LogP contribution < -0.4 is 4.74 Å². The van der Waals surface area contributed by atoms with E-state index in [1.54, 1.807) is 0 Å². The molecule has 10 heteroatoms. The molecule has 5 atom stereocenters. The summed E-state index contributed by atoms with van der Waals surface area (Å²) >= 11 is 0. The SMILES string of the molecule is CC(C)(C[C@H](/C=C/[C@@H]1[C@H]2C/C=C\CCCC(=O)O[C@H]2C[C@H]1O[Si](C)(C)C(C)(C)C)COc1cccc(C(F)(F)F)c1)[Si](C)(C)O. The molecular formula is C35H55F3O5Si2. The molecule has 1 heterocycles. The van der Waals surface area contributed by atoms with E-state index in [0.29, 0.717) is 19.3 Å². The predicted molar refractivity (Wildman–Crippen MR) is 179 cm³/mol. The number of carbonyl (C=O) groups excluding carboxylic acids is 1. The van der Waals surface area contributed by atoms with Gasteiger partial charge in [0.05, 0.1) is 18.3 Å². The Morgan fingerprint density at radius 2 is 1.78 bits per heavy atom. The third-order valence-electron chi connectivity index (χ3n) is 10.4. The van der Waals surface area contributed by atoms with Crippen LogP contribution in [0.2, 0.25) is 36.3 Å². The van der Waals surface area contributed by atoms with Crippen LogP contribution in [0, 0.1) is 17.8 Å². The lowest BCUT2D eigenvalue weighted by Crippen LogP contribution is -2.45. The van der Waals surface area contributed by atoms with Gasteiger partial charge in [-0.1, -0.05) is 65.0 Å². The van der Waals surface area contributed by atoms with Crippen molar-refractivity contribution in [3.05, 3.63) is 54.1 Å². The molecule has 0 radical (unpaired) electrons. The average Bonchev–Trinajstić information content (AvgIpc) is 3.20. The molecule has 0 bridgehead atoms. The Bertz CT molecular complexity index is 1200. The highest BCUT2D eigenvalue weighted by molar-refractivity contribution is 6.74. The highest BCUT2D eigenvalue weighted by Gasteiger charge is 2.49. The van der Waals surface area contributed by atoms with Gasteiger partial charge in [0.15, 0.2) is 16.6 Å². The maximum Gasteiger partial charge on any atom is 0.416 e. The molecule has 0 amide bonds. The van der Waals surface area contributed by atoms with Crippen molar-refractivity contribution in [1.82, 2.24) is 0 Å². The van der Waals surface area contributed by atoms with Crippen LogP contribution in [0.4, 0.5) is 13.2 Å². The van der Waals surface area contributed by atoms with E-state index in [1.807, 2.05) is 26.9 Å². The number of ether oxygens (including phenoxy) is 2. The van der Waals surface area contributed by atoms with Gasteiger partial charge in [0.25, 0.3) is 0 Å². The minimum absolute atomic E-state index is 0.00294. The number of halogens is 3. The second-order valence-electron chi connectivity index (χ2n) is 15.6. The molecule has 1 aliphatic heterocycles. The van der Waals surface area contributed by atoms with Gasteiger partial charge in [0.2, 0.25) is 0 Å². The summed E-state index contributed by atoms with van der Waals surface area (Å²) in [6.45, 7) is 19.2. The first kappa shape index (κ1) is 37.6.